The van der Waals surface area contributed by atoms with Gasteiger partial charge in [-0.05, 0) is 85.8 Å². The molecule has 2 aromatic carbocycles. The number of likely N-dealkylation sites (tertiary alicyclic amines) is 1. The van der Waals surface area contributed by atoms with Crippen LogP contribution in [0.1, 0.15) is 64.2 Å². The number of aromatic nitrogens is 2. The van der Waals surface area contributed by atoms with E-state index in [0.29, 0.717) is 6.42 Å². The molecule has 31 heavy (non-hydrogen) atoms. The summed E-state index contributed by atoms with van der Waals surface area (Å²) in [5.41, 5.74) is 8.66. The van der Waals surface area contributed by atoms with E-state index in [0.717, 1.165) is 30.0 Å². The summed E-state index contributed by atoms with van der Waals surface area (Å²) in [7, 11) is 0. The third kappa shape index (κ3) is 5.60. The van der Waals surface area contributed by atoms with Crippen molar-refractivity contribution in [3.8, 4) is 12.3 Å². The summed E-state index contributed by atoms with van der Waals surface area (Å²) < 4.78 is 0. The zero-order valence-electron chi connectivity index (χ0n) is 18.7. The molecule has 0 spiro atoms. The van der Waals surface area contributed by atoms with Crippen molar-refractivity contribution in [1.82, 2.24) is 14.9 Å². The predicted octanol–water partition coefficient (Wildman–Crippen LogP) is 5.24. The maximum Gasteiger partial charge on any atom is 0.132 e. The normalized spacial score (nSPS) is 14.4. The first-order valence-corrected chi connectivity index (χ1v) is 11.3. The molecule has 1 aliphatic heterocycles. The SMILES string of the molecule is C#Cc1ccc(Cc2nccc(Cc3c(C)cc(CN4CCCCC4)cc3C)n2)cc1. The van der Waals surface area contributed by atoms with Gasteiger partial charge in [0.25, 0.3) is 0 Å². The van der Waals surface area contributed by atoms with Gasteiger partial charge in [-0.15, -0.1) is 6.42 Å². The lowest BCUT2D eigenvalue weighted by Gasteiger charge is -2.27. The Labute approximate surface area is 186 Å². The number of piperidine rings is 1. The molecule has 0 aliphatic carbocycles. The Morgan fingerprint density at radius 1 is 0.903 bits per heavy atom. The van der Waals surface area contributed by atoms with Crippen LogP contribution in [0, 0.1) is 26.2 Å². The van der Waals surface area contributed by atoms with Crippen molar-refractivity contribution < 1.29 is 0 Å². The number of aryl methyl sites for hydroxylation is 2. The van der Waals surface area contributed by atoms with Crippen LogP contribution in [0.25, 0.3) is 0 Å². The Hall–Kier alpha value is -2.96. The molecule has 3 aromatic rings. The molecule has 4 rings (SSSR count). The van der Waals surface area contributed by atoms with Gasteiger partial charge in [0, 0.05) is 36.8 Å². The minimum atomic E-state index is 0.714. The highest BCUT2D eigenvalue weighted by molar-refractivity contribution is 5.40. The van der Waals surface area contributed by atoms with E-state index in [9.17, 15) is 0 Å². The first-order chi connectivity index (χ1) is 15.1. The summed E-state index contributed by atoms with van der Waals surface area (Å²) in [5.74, 6) is 3.51. The van der Waals surface area contributed by atoms with Crippen molar-refractivity contribution in [2.45, 2.75) is 52.5 Å². The van der Waals surface area contributed by atoms with Crippen LogP contribution in [0.4, 0.5) is 0 Å². The van der Waals surface area contributed by atoms with E-state index >= 15 is 0 Å². The third-order valence-electron chi connectivity index (χ3n) is 6.21. The molecule has 0 amide bonds. The molecular weight excluding hydrogens is 378 g/mol. The molecule has 3 nitrogen and oxygen atoms in total. The molecule has 3 heteroatoms. The number of nitrogens with zero attached hydrogens (tertiary/aromatic N) is 3. The summed E-state index contributed by atoms with van der Waals surface area (Å²) in [5, 5.41) is 0. The van der Waals surface area contributed by atoms with Crippen LogP contribution in [0.3, 0.4) is 0 Å². The van der Waals surface area contributed by atoms with Gasteiger partial charge in [-0.2, -0.15) is 0 Å². The van der Waals surface area contributed by atoms with E-state index < -0.39 is 0 Å². The molecule has 1 aliphatic rings. The highest BCUT2D eigenvalue weighted by atomic mass is 15.1. The Kier molecular flexibility index (Phi) is 6.79. The number of hydrogen-bond donors (Lipinski definition) is 0. The second-order valence-electron chi connectivity index (χ2n) is 8.70. The topological polar surface area (TPSA) is 29.0 Å². The maximum absolute atomic E-state index is 5.45. The van der Waals surface area contributed by atoms with Gasteiger partial charge in [0.15, 0.2) is 0 Å². The van der Waals surface area contributed by atoms with Crippen LogP contribution in [0.15, 0.2) is 48.7 Å². The summed E-state index contributed by atoms with van der Waals surface area (Å²) in [6, 6.07) is 14.8. The fraction of sp³-hybridized carbons (Fsp3) is 0.357. The zero-order valence-corrected chi connectivity index (χ0v) is 18.7. The van der Waals surface area contributed by atoms with Gasteiger partial charge in [0.05, 0.1) is 0 Å². The molecule has 0 unspecified atom stereocenters. The molecule has 1 aromatic heterocycles. The summed E-state index contributed by atoms with van der Waals surface area (Å²) in [6.07, 6.45) is 12.9. The summed E-state index contributed by atoms with van der Waals surface area (Å²) >= 11 is 0. The molecule has 158 valence electrons. The highest BCUT2D eigenvalue weighted by Gasteiger charge is 2.13. The van der Waals surface area contributed by atoms with Crippen LogP contribution < -0.4 is 0 Å². The van der Waals surface area contributed by atoms with E-state index in [-0.39, 0.29) is 0 Å². The second kappa shape index (κ2) is 9.90. The molecule has 1 saturated heterocycles. The van der Waals surface area contributed by atoms with Gasteiger partial charge in [-0.1, -0.05) is 36.6 Å². The Bertz CT molecular complexity index is 1050. The average molecular weight is 410 g/mol. The zero-order chi connectivity index (χ0) is 21.6. The molecule has 0 atom stereocenters. The molecule has 1 fully saturated rings. The van der Waals surface area contributed by atoms with Crippen LogP contribution in [-0.2, 0) is 19.4 Å². The van der Waals surface area contributed by atoms with Crippen LogP contribution in [0.2, 0.25) is 0 Å². The number of terminal acetylenes is 1. The predicted molar refractivity (Wildman–Crippen MR) is 127 cm³/mol. The fourth-order valence-electron chi connectivity index (χ4n) is 4.54. The van der Waals surface area contributed by atoms with E-state index in [1.165, 1.54) is 60.2 Å². The molecular formula is C28H31N3. The minimum Gasteiger partial charge on any atom is -0.299 e. The van der Waals surface area contributed by atoms with Crippen molar-refractivity contribution >= 4 is 0 Å². The van der Waals surface area contributed by atoms with Crippen molar-refractivity contribution in [2.75, 3.05) is 13.1 Å². The average Bonchev–Trinajstić information content (AvgIpc) is 2.78. The van der Waals surface area contributed by atoms with E-state index in [2.05, 4.69) is 53.9 Å². The van der Waals surface area contributed by atoms with Crippen molar-refractivity contribution in [2.24, 2.45) is 0 Å². The standard InChI is InChI=1S/C28H31N3/c1-4-23-8-10-24(11-9-23)18-28-29-13-12-26(30-28)19-27-21(2)16-25(17-22(27)3)20-31-14-6-5-7-15-31/h1,8-13,16-17H,5-7,14-15,18-20H2,2-3H3. The largest absolute Gasteiger partial charge is 0.299 e. The van der Waals surface area contributed by atoms with Crippen LogP contribution in [-0.4, -0.2) is 28.0 Å². The Balaban J connectivity index is 1.47. The maximum atomic E-state index is 5.45. The van der Waals surface area contributed by atoms with Gasteiger partial charge in [-0.25, -0.2) is 9.97 Å². The number of hydrogen-bond acceptors (Lipinski definition) is 3. The quantitative estimate of drug-likeness (QED) is 0.521. The smallest absolute Gasteiger partial charge is 0.132 e. The van der Waals surface area contributed by atoms with Gasteiger partial charge in [0.1, 0.15) is 5.82 Å². The van der Waals surface area contributed by atoms with Crippen molar-refractivity contribution in [3.05, 3.63) is 93.6 Å². The first-order valence-electron chi connectivity index (χ1n) is 11.3. The number of benzene rings is 2. The molecule has 0 radical (unpaired) electrons. The van der Waals surface area contributed by atoms with Gasteiger partial charge in [0.2, 0.25) is 0 Å². The Morgan fingerprint density at radius 3 is 2.29 bits per heavy atom. The van der Waals surface area contributed by atoms with E-state index in [1.54, 1.807) is 0 Å². The van der Waals surface area contributed by atoms with E-state index in [4.69, 9.17) is 11.4 Å². The van der Waals surface area contributed by atoms with Gasteiger partial charge in [-0.3, -0.25) is 4.90 Å². The van der Waals surface area contributed by atoms with Crippen molar-refractivity contribution in [3.63, 3.8) is 0 Å². The second-order valence-corrected chi connectivity index (χ2v) is 8.70. The lowest BCUT2D eigenvalue weighted by Crippen LogP contribution is -2.29. The molecule has 0 N–H and O–H groups in total. The lowest BCUT2D eigenvalue weighted by atomic mass is 9.95. The molecule has 0 saturated carbocycles. The van der Waals surface area contributed by atoms with Gasteiger partial charge >= 0.3 is 0 Å². The monoisotopic (exact) mass is 409 g/mol. The summed E-state index contributed by atoms with van der Waals surface area (Å²) in [4.78, 5) is 11.9. The fourth-order valence-corrected chi connectivity index (χ4v) is 4.54. The summed E-state index contributed by atoms with van der Waals surface area (Å²) in [6.45, 7) is 8.00. The third-order valence-corrected chi connectivity index (χ3v) is 6.21. The number of rotatable bonds is 6. The molecule has 2 heterocycles. The van der Waals surface area contributed by atoms with Gasteiger partial charge < -0.3 is 0 Å². The van der Waals surface area contributed by atoms with Crippen LogP contribution >= 0.6 is 0 Å². The van der Waals surface area contributed by atoms with Crippen LogP contribution in [0.5, 0.6) is 0 Å². The molecule has 0 bridgehead atoms. The lowest BCUT2D eigenvalue weighted by molar-refractivity contribution is 0.221. The van der Waals surface area contributed by atoms with E-state index in [1.807, 2.05) is 24.4 Å². The first kappa shape index (κ1) is 21.3. The Morgan fingerprint density at radius 2 is 1.61 bits per heavy atom. The van der Waals surface area contributed by atoms with Crippen molar-refractivity contribution in [1.29, 1.82) is 0 Å². The minimum absolute atomic E-state index is 0.714. The highest BCUT2D eigenvalue weighted by Crippen LogP contribution is 2.22.